The van der Waals surface area contributed by atoms with E-state index in [-0.39, 0.29) is 6.04 Å². The number of aromatic nitrogens is 3. The Morgan fingerprint density at radius 2 is 2.44 bits per heavy atom. The number of hydrogen-bond donors (Lipinski definition) is 1. The third-order valence-electron chi connectivity index (χ3n) is 3.23. The largest absolute Gasteiger partial charge is 0.314 e. The number of hydrogen-bond acceptors (Lipinski definition) is 4. The highest BCUT2D eigenvalue weighted by atomic mass is 79.9. The molecular formula is C12H15BrN4S. The highest BCUT2D eigenvalue weighted by Gasteiger charge is 2.20. The predicted molar refractivity (Wildman–Crippen MR) is 75.6 cm³/mol. The zero-order valence-corrected chi connectivity index (χ0v) is 12.6. The molecule has 0 aromatic carbocycles. The van der Waals surface area contributed by atoms with Gasteiger partial charge >= 0.3 is 0 Å². The summed E-state index contributed by atoms with van der Waals surface area (Å²) in [4.78, 5) is 1.33. The van der Waals surface area contributed by atoms with E-state index in [1.165, 1.54) is 11.3 Å². The van der Waals surface area contributed by atoms with Crippen LogP contribution in [0.15, 0.2) is 15.9 Å². The first-order chi connectivity index (χ1) is 8.74. The van der Waals surface area contributed by atoms with E-state index in [2.05, 4.69) is 54.4 Å². The zero-order chi connectivity index (χ0) is 12.5. The summed E-state index contributed by atoms with van der Waals surface area (Å²) < 4.78 is 3.41. The first-order valence-electron chi connectivity index (χ1n) is 6.12. The summed E-state index contributed by atoms with van der Waals surface area (Å²) in [6.07, 6.45) is 2.26. The van der Waals surface area contributed by atoms with Crippen LogP contribution >= 0.6 is 27.3 Å². The van der Waals surface area contributed by atoms with E-state index in [4.69, 9.17) is 0 Å². The molecule has 0 fully saturated rings. The molecule has 96 valence electrons. The molecule has 0 radical (unpaired) electrons. The van der Waals surface area contributed by atoms with Crippen LogP contribution in [-0.4, -0.2) is 14.8 Å². The minimum absolute atomic E-state index is 0.241. The van der Waals surface area contributed by atoms with Crippen LogP contribution in [-0.2, 0) is 19.5 Å². The molecule has 18 heavy (non-hydrogen) atoms. The maximum atomic E-state index is 4.30. The Morgan fingerprint density at radius 1 is 1.56 bits per heavy atom. The second-order valence-corrected chi connectivity index (χ2v) is 6.47. The maximum Gasteiger partial charge on any atom is 0.149 e. The number of halogens is 1. The second kappa shape index (κ2) is 5.11. The second-order valence-electron chi connectivity index (χ2n) is 4.56. The lowest BCUT2D eigenvalue weighted by atomic mass is 10.3. The molecule has 0 amide bonds. The van der Waals surface area contributed by atoms with Gasteiger partial charge in [-0.2, -0.15) is 0 Å². The number of rotatable bonds is 4. The van der Waals surface area contributed by atoms with Gasteiger partial charge in [-0.05, 0) is 35.3 Å². The third-order valence-corrected chi connectivity index (χ3v) is 4.93. The molecule has 0 saturated carbocycles. The zero-order valence-electron chi connectivity index (χ0n) is 10.2. The molecule has 3 heterocycles. The fourth-order valence-electron chi connectivity index (χ4n) is 2.28. The Bertz CT molecular complexity index is 548. The smallest absolute Gasteiger partial charge is 0.149 e. The third kappa shape index (κ3) is 2.37. The molecule has 3 rings (SSSR count). The van der Waals surface area contributed by atoms with Gasteiger partial charge in [-0.1, -0.05) is 0 Å². The van der Waals surface area contributed by atoms with Crippen molar-refractivity contribution >= 4 is 27.3 Å². The van der Waals surface area contributed by atoms with Crippen LogP contribution in [0.25, 0.3) is 0 Å². The van der Waals surface area contributed by atoms with Gasteiger partial charge in [-0.25, -0.2) is 0 Å². The number of nitrogens with one attached hydrogen (secondary N) is 1. The van der Waals surface area contributed by atoms with Crippen LogP contribution in [0.1, 0.15) is 35.9 Å². The molecule has 0 saturated heterocycles. The van der Waals surface area contributed by atoms with Crippen LogP contribution in [0, 0.1) is 0 Å². The van der Waals surface area contributed by atoms with Gasteiger partial charge in [0.2, 0.25) is 0 Å². The average molecular weight is 327 g/mol. The van der Waals surface area contributed by atoms with Gasteiger partial charge in [0.1, 0.15) is 11.6 Å². The maximum absolute atomic E-state index is 4.30. The Labute approximate surface area is 119 Å². The van der Waals surface area contributed by atoms with Crippen molar-refractivity contribution in [2.75, 3.05) is 0 Å². The fraction of sp³-hybridized carbons (Fsp3) is 0.500. The van der Waals surface area contributed by atoms with Crippen molar-refractivity contribution in [1.29, 1.82) is 0 Å². The molecule has 0 spiro atoms. The molecule has 1 aliphatic rings. The van der Waals surface area contributed by atoms with E-state index in [1.54, 1.807) is 11.3 Å². The minimum atomic E-state index is 0.241. The molecule has 0 bridgehead atoms. The standard InChI is InChI=1S/C12H15BrN4S/c1-8(14-6-10-5-9(13)7-18-10)12-16-15-11-3-2-4-17(11)12/h5,7-8,14H,2-4,6H2,1H3. The fourth-order valence-corrected chi connectivity index (χ4v) is 3.69. The lowest BCUT2D eigenvalue weighted by molar-refractivity contribution is 0.518. The summed E-state index contributed by atoms with van der Waals surface area (Å²) in [5, 5.41) is 14.2. The summed E-state index contributed by atoms with van der Waals surface area (Å²) in [7, 11) is 0. The molecule has 6 heteroatoms. The van der Waals surface area contributed by atoms with E-state index < -0.39 is 0 Å². The Morgan fingerprint density at radius 3 is 3.22 bits per heavy atom. The van der Waals surface area contributed by atoms with Crippen LogP contribution in [0.2, 0.25) is 0 Å². The highest BCUT2D eigenvalue weighted by molar-refractivity contribution is 9.10. The number of thiophene rings is 1. The lowest BCUT2D eigenvalue weighted by Crippen LogP contribution is -2.21. The molecule has 1 atom stereocenters. The van der Waals surface area contributed by atoms with Crippen molar-refractivity contribution in [2.45, 2.75) is 38.9 Å². The Balaban J connectivity index is 1.66. The Kier molecular flexibility index (Phi) is 3.50. The molecule has 1 unspecified atom stereocenters. The number of fused-ring (bicyclic) bond motifs is 1. The van der Waals surface area contributed by atoms with Crippen molar-refractivity contribution < 1.29 is 0 Å². The van der Waals surface area contributed by atoms with E-state index in [0.29, 0.717) is 0 Å². The SMILES string of the molecule is CC(NCc1cc(Br)cs1)c1nnc2n1CCC2. The monoisotopic (exact) mass is 326 g/mol. The van der Waals surface area contributed by atoms with E-state index in [9.17, 15) is 0 Å². The van der Waals surface area contributed by atoms with E-state index in [1.807, 2.05) is 0 Å². The van der Waals surface area contributed by atoms with Crippen molar-refractivity contribution in [3.63, 3.8) is 0 Å². The van der Waals surface area contributed by atoms with Crippen molar-refractivity contribution in [3.05, 3.63) is 32.4 Å². The van der Waals surface area contributed by atoms with Gasteiger partial charge in [-0.3, -0.25) is 0 Å². The molecule has 1 aliphatic heterocycles. The average Bonchev–Trinajstić information content (AvgIpc) is 3.01. The quantitative estimate of drug-likeness (QED) is 0.939. The van der Waals surface area contributed by atoms with E-state index >= 15 is 0 Å². The van der Waals surface area contributed by atoms with Crippen LogP contribution < -0.4 is 5.32 Å². The summed E-state index contributed by atoms with van der Waals surface area (Å²) in [6.45, 7) is 4.09. The topological polar surface area (TPSA) is 42.7 Å². The Hall–Kier alpha value is -0.720. The van der Waals surface area contributed by atoms with Crippen LogP contribution in [0.3, 0.4) is 0 Å². The van der Waals surface area contributed by atoms with Crippen molar-refractivity contribution in [1.82, 2.24) is 20.1 Å². The summed E-state index contributed by atoms with van der Waals surface area (Å²) >= 11 is 5.24. The first kappa shape index (κ1) is 12.3. The lowest BCUT2D eigenvalue weighted by Gasteiger charge is -2.12. The normalized spacial score (nSPS) is 15.9. The molecule has 1 N–H and O–H groups in total. The van der Waals surface area contributed by atoms with Crippen LogP contribution in [0.4, 0.5) is 0 Å². The molecule has 2 aromatic rings. The number of aryl methyl sites for hydroxylation is 1. The molecule has 2 aromatic heterocycles. The van der Waals surface area contributed by atoms with Gasteiger partial charge in [-0.15, -0.1) is 21.5 Å². The van der Waals surface area contributed by atoms with Crippen molar-refractivity contribution in [3.8, 4) is 0 Å². The molecule has 0 aliphatic carbocycles. The van der Waals surface area contributed by atoms with E-state index in [0.717, 1.165) is 35.6 Å². The minimum Gasteiger partial charge on any atom is -0.314 e. The van der Waals surface area contributed by atoms with Gasteiger partial charge in [0.05, 0.1) is 6.04 Å². The molecule has 4 nitrogen and oxygen atoms in total. The van der Waals surface area contributed by atoms with Crippen LogP contribution in [0.5, 0.6) is 0 Å². The summed E-state index contributed by atoms with van der Waals surface area (Å²) in [6, 6.07) is 2.39. The van der Waals surface area contributed by atoms with Gasteiger partial charge in [0.15, 0.2) is 0 Å². The molecular weight excluding hydrogens is 312 g/mol. The van der Waals surface area contributed by atoms with Crippen molar-refractivity contribution in [2.24, 2.45) is 0 Å². The number of nitrogens with zero attached hydrogens (tertiary/aromatic N) is 3. The summed E-state index contributed by atoms with van der Waals surface area (Å²) in [5.74, 6) is 2.20. The van der Waals surface area contributed by atoms with Gasteiger partial charge in [0, 0.05) is 34.2 Å². The summed E-state index contributed by atoms with van der Waals surface area (Å²) in [5.41, 5.74) is 0. The first-order valence-corrected chi connectivity index (χ1v) is 7.79. The highest BCUT2D eigenvalue weighted by Crippen LogP contribution is 2.22. The van der Waals surface area contributed by atoms with Gasteiger partial charge in [0.25, 0.3) is 0 Å². The van der Waals surface area contributed by atoms with Gasteiger partial charge < -0.3 is 9.88 Å². The predicted octanol–water partition coefficient (Wildman–Crippen LogP) is 2.90.